The van der Waals surface area contributed by atoms with E-state index in [4.69, 9.17) is 0 Å². The summed E-state index contributed by atoms with van der Waals surface area (Å²) >= 11 is 0. The molecule has 0 saturated heterocycles. The van der Waals surface area contributed by atoms with Gasteiger partial charge >= 0.3 is 5.97 Å². The molecular formula is C12H11NO3. The number of hydrogen-bond acceptors (Lipinski definition) is 3. The topological polar surface area (TPSA) is 55.4 Å². The van der Waals surface area contributed by atoms with E-state index in [0.717, 1.165) is 11.1 Å². The van der Waals surface area contributed by atoms with Gasteiger partial charge in [-0.15, -0.1) is 0 Å². The Morgan fingerprint density at radius 3 is 2.81 bits per heavy atom. The highest BCUT2D eigenvalue weighted by Crippen LogP contribution is 2.22. The highest BCUT2D eigenvalue weighted by molar-refractivity contribution is 5.97. The van der Waals surface area contributed by atoms with Crippen molar-refractivity contribution in [1.82, 2.24) is 5.32 Å². The van der Waals surface area contributed by atoms with Crippen molar-refractivity contribution in [3.63, 3.8) is 0 Å². The van der Waals surface area contributed by atoms with Crippen molar-refractivity contribution in [2.24, 2.45) is 0 Å². The molecule has 0 aliphatic carbocycles. The molecule has 0 aromatic heterocycles. The second-order valence-corrected chi connectivity index (χ2v) is 3.43. The third-order valence-corrected chi connectivity index (χ3v) is 2.44. The van der Waals surface area contributed by atoms with Crippen LogP contribution in [0.15, 0.2) is 30.3 Å². The van der Waals surface area contributed by atoms with Crippen LogP contribution in [-0.2, 0) is 14.3 Å². The molecule has 2 rings (SSSR count). The van der Waals surface area contributed by atoms with Crippen LogP contribution in [-0.4, -0.2) is 19.0 Å². The molecule has 1 aliphatic rings. The normalized spacial score (nSPS) is 18.3. The van der Waals surface area contributed by atoms with E-state index < -0.39 is 12.0 Å². The van der Waals surface area contributed by atoms with Crippen LogP contribution in [0.2, 0.25) is 0 Å². The molecule has 1 heterocycles. The lowest BCUT2D eigenvalue weighted by atomic mass is 10.0. The van der Waals surface area contributed by atoms with Crippen molar-refractivity contribution in [2.75, 3.05) is 7.11 Å². The Kier molecular flexibility index (Phi) is 2.72. The Balaban J connectivity index is 2.48. The molecule has 0 radical (unpaired) electrons. The van der Waals surface area contributed by atoms with E-state index in [1.165, 1.54) is 13.2 Å². The monoisotopic (exact) mass is 217 g/mol. The summed E-state index contributed by atoms with van der Waals surface area (Å²) in [4.78, 5) is 22.9. The highest BCUT2D eigenvalue weighted by atomic mass is 16.5. The number of fused-ring (bicyclic) bond motifs is 1. The maximum Gasteiger partial charge on any atom is 0.333 e. The number of amides is 1. The molecule has 1 unspecified atom stereocenters. The van der Waals surface area contributed by atoms with Gasteiger partial charge in [-0.25, -0.2) is 4.79 Å². The molecule has 4 nitrogen and oxygen atoms in total. The van der Waals surface area contributed by atoms with Gasteiger partial charge < -0.3 is 10.1 Å². The van der Waals surface area contributed by atoms with Crippen LogP contribution >= 0.6 is 0 Å². The van der Waals surface area contributed by atoms with Gasteiger partial charge in [0.1, 0.15) is 0 Å². The Bertz CT molecular complexity index is 465. The summed E-state index contributed by atoms with van der Waals surface area (Å²) < 4.78 is 4.67. The van der Waals surface area contributed by atoms with Crippen molar-refractivity contribution >= 4 is 18.0 Å². The zero-order chi connectivity index (χ0) is 11.5. The molecule has 1 N–H and O–H groups in total. The Morgan fingerprint density at radius 1 is 1.31 bits per heavy atom. The first-order chi connectivity index (χ1) is 7.72. The smallest absolute Gasteiger partial charge is 0.333 e. The fourth-order valence-electron chi connectivity index (χ4n) is 1.66. The Hall–Kier alpha value is -2.10. The maximum absolute atomic E-state index is 11.6. The average Bonchev–Trinajstić information content (AvgIpc) is 2.48. The molecule has 4 heteroatoms. The summed E-state index contributed by atoms with van der Waals surface area (Å²) in [6.07, 6.45) is 3.09. The van der Waals surface area contributed by atoms with Crippen LogP contribution < -0.4 is 5.32 Å². The van der Waals surface area contributed by atoms with E-state index in [0.29, 0.717) is 0 Å². The number of esters is 1. The lowest BCUT2D eigenvalue weighted by molar-refractivity contribution is -0.144. The summed E-state index contributed by atoms with van der Waals surface area (Å²) in [5.74, 6) is -0.767. The van der Waals surface area contributed by atoms with Crippen molar-refractivity contribution in [3.05, 3.63) is 41.5 Å². The van der Waals surface area contributed by atoms with Crippen LogP contribution in [0.3, 0.4) is 0 Å². The van der Waals surface area contributed by atoms with Gasteiger partial charge in [-0.3, -0.25) is 4.79 Å². The van der Waals surface area contributed by atoms with Gasteiger partial charge in [-0.2, -0.15) is 0 Å². The van der Waals surface area contributed by atoms with Gasteiger partial charge in [-0.1, -0.05) is 24.3 Å². The van der Waals surface area contributed by atoms with Gasteiger partial charge in [0.25, 0.3) is 0 Å². The predicted octanol–water partition coefficient (Wildman–Crippen LogP) is 1.04. The number of hydrogen-bond donors (Lipinski definition) is 1. The molecule has 0 fully saturated rings. The second-order valence-electron chi connectivity index (χ2n) is 3.43. The molecule has 82 valence electrons. The molecule has 1 aliphatic heterocycles. The lowest BCUT2D eigenvalue weighted by Crippen LogP contribution is -2.32. The van der Waals surface area contributed by atoms with Crippen LogP contribution in [0.5, 0.6) is 0 Å². The van der Waals surface area contributed by atoms with Gasteiger partial charge in [0.05, 0.1) is 7.11 Å². The first-order valence-corrected chi connectivity index (χ1v) is 4.87. The summed E-state index contributed by atoms with van der Waals surface area (Å²) in [6.45, 7) is 0. The summed E-state index contributed by atoms with van der Waals surface area (Å²) in [6, 6.07) is 6.59. The first kappa shape index (κ1) is 10.4. The minimum absolute atomic E-state index is 0.299. The number of nitrogens with one attached hydrogen (secondary N) is 1. The summed E-state index contributed by atoms with van der Waals surface area (Å²) in [7, 11) is 1.30. The zero-order valence-electron chi connectivity index (χ0n) is 8.77. The SMILES string of the molecule is COC(=O)C1NC(=O)C=Cc2ccccc21. The van der Waals surface area contributed by atoms with Gasteiger partial charge in [0, 0.05) is 6.08 Å². The van der Waals surface area contributed by atoms with Crippen LogP contribution in [0.4, 0.5) is 0 Å². The zero-order valence-corrected chi connectivity index (χ0v) is 8.77. The average molecular weight is 217 g/mol. The predicted molar refractivity (Wildman–Crippen MR) is 58.4 cm³/mol. The number of rotatable bonds is 1. The highest BCUT2D eigenvalue weighted by Gasteiger charge is 2.26. The molecule has 0 saturated carbocycles. The molecule has 0 bridgehead atoms. The largest absolute Gasteiger partial charge is 0.467 e. The fraction of sp³-hybridized carbons (Fsp3) is 0.167. The number of benzene rings is 1. The lowest BCUT2D eigenvalue weighted by Gasteiger charge is -2.15. The van der Waals surface area contributed by atoms with E-state index >= 15 is 0 Å². The minimum atomic E-state index is -0.733. The summed E-state index contributed by atoms with van der Waals surface area (Å²) in [5, 5.41) is 2.59. The van der Waals surface area contributed by atoms with Crippen molar-refractivity contribution in [1.29, 1.82) is 0 Å². The molecule has 1 aromatic carbocycles. The second kappa shape index (κ2) is 4.18. The van der Waals surface area contributed by atoms with Gasteiger partial charge in [-0.05, 0) is 17.2 Å². The Morgan fingerprint density at radius 2 is 2.06 bits per heavy atom. The van der Waals surface area contributed by atoms with Crippen LogP contribution in [0.25, 0.3) is 6.08 Å². The molecule has 1 amide bonds. The van der Waals surface area contributed by atoms with E-state index in [2.05, 4.69) is 10.1 Å². The third kappa shape index (κ3) is 1.82. The molecule has 0 spiro atoms. The number of methoxy groups -OCH3 is 1. The standard InChI is InChI=1S/C12H11NO3/c1-16-12(15)11-9-5-3-2-4-8(9)6-7-10(14)13-11/h2-7,11H,1H3,(H,13,14). The fourth-order valence-corrected chi connectivity index (χ4v) is 1.66. The van der Waals surface area contributed by atoms with E-state index in [1.54, 1.807) is 12.1 Å². The first-order valence-electron chi connectivity index (χ1n) is 4.87. The minimum Gasteiger partial charge on any atom is -0.467 e. The Labute approximate surface area is 92.9 Å². The van der Waals surface area contributed by atoms with Crippen LogP contribution in [0, 0.1) is 0 Å². The van der Waals surface area contributed by atoms with Crippen molar-refractivity contribution in [2.45, 2.75) is 6.04 Å². The van der Waals surface area contributed by atoms with Crippen molar-refractivity contribution in [3.8, 4) is 0 Å². The molecular weight excluding hydrogens is 206 g/mol. The van der Waals surface area contributed by atoms with E-state index in [-0.39, 0.29) is 5.91 Å². The van der Waals surface area contributed by atoms with E-state index in [1.807, 2.05) is 18.2 Å². The number of carbonyl (C=O) groups excluding carboxylic acids is 2. The third-order valence-electron chi connectivity index (χ3n) is 2.44. The van der Waals surface area contributed by atoms with Gasteiger partial charge in [0.2, 0.25) is 5.91 Å². The number of carbonyl (C=O) groups is 2. The van der Waals surface area contributed by atoms with Crippen LogP contribution in [0.1, 0.15) is 17.2 Å². The van der Waals surface area contributed by atoms with E-state index in [9.17, 15) is 9.59 Å². The molecule has 1 aromatic rings. The van der Waals surface area contributed by atoms with Gasteiger partial charge in [0.15, 0.2) is 6.04 Å². The molecule has 16 heavy (non-hydrogen) atoms. The molecule has 1 atom stereocenters. The summed E-state index contributed by atoms with van der Waals surface area (Å²) in [5.41, 5.74) is 1.59. The van der Waals surface area contributed by atoms with Crippen molar-refractivity contribution < 1.29 is 14.3 Å². The number of ether oxygens (including phenoxy) is 1. The quantitative estimate of drug-likeness (QED) is 0.715. The maximum atomic E-state index is 11.6.